The highest BCUT2D eigenvalue weighted by Gasteiger charge is 2.29. The standard InChI is InChI=1S/C15H21NO3/c1-3-15(9-17,10-18)16-11(2)14-8-12-6-4-5-7-13(12)19-14/h4-8,11,16-18H,3,9-10H2,1-2H3. The summed E-state index contributed by atoms with van der Waals surface area (Å²) in [7, 11) is 0. The van der Waals surface area contributed by atoms with Crippen molar-refractivity contribution in [2.75, 3.05) is 13.2 Å². The van der Waals surface area contributed by atoms with Crippen LogP contribution in [0.3, 0.4) is 0 Å². The predicted octanol–water partition coefficient (Wildman–Crippen LogP) is 2.22. The lowest BCUT2D eigenvalue weighted by Gasteiger charge is -2.32. The summed E-state index contributed by atoms with van der Waals surface area (Å²) in [5.41, 5.74) is 0.180. The van der Waals surface area contributed by atoms with Crippen molar-refractivity contribution in [1.29, 1.82) is 0 Å². The van der Waals surface area contributed by atoms with Gasteiger partial charge in [-0.25, -0.2) is 0 Å². The van der Waals surface area contributed by atoms with Crippen molar-refractivity contribution in [2.24, 2.45) is 0 Å². The van der Waals surface area contributed by atoms with Crippen molar-refractivity contribution in [3.05, 3.63) is 36.1 Å². The smallest absolute Gasteiger partial charge is 0.134 e. The summed E-state index contributed by atoms with van der Waals surface area (Å²) in [4.78, 5) is 0. The molecule has 4 nitrogen and oxygen atoms in total. The van der Waals surface area contributed by atoms with Gasteiger partial charge in [-0.3, -0.25) is 5.32 Å². The molecule has 104 valence electrons. The number of hydrogen-bond acceptors (Lipinski definition) is 4. The first-order valence-corrected chi connectivity index (χ1v) is 6.62. The van der Waals surface area contributed by atoms with Gasteiger partial charge in [0.15, 0.2) is 0 Å². The van der Waals surface area contributed by atoms with Crippen molar-refractivity contribution >= 4 is 11.0 Å². The number of aliphatic hydroxyl groups excluding tert-OH is 2. The van der Waals surface area contributed by atoms with Crippen LogP contribution in [0.15, 0.2) is 34.7 Å². The lowest BCUT2D eigenvalue weighted by Crippen LogP contribution is -2.52. The van der Waals surface area contributed by atoms with Crippen molar-refractivity contribution in [3.63, 3.8) is 0 Å². The van der Waals surface area contributed by atoms with Crippen LogP contribution in [0, 0.1) is 0 Å². The summed E-state index contributed by atoms with van der Waals surface area (Å²) < 4.78 is 5.78. The second kappa shape index (κ2) is 5.74. The monoisotopic (exact) mass is 263 g/mol. The predicted molar refractivity (Wildman–Crippen MR) is 75.0 cm³/mol. The maximum Gasteiger partial charge on any atom is 0.134 e. The molecule has 0 bridgehead atoms. The normalized spacial score (nSPS) is 13.9. The molecule has 0 aliphatic carbocycles. The summed E-state index contributed by atoms with van der Waals surface area (Å²) in [6.07, 6.45) is 0.643. The van der Waals surface area contributed by atoms with E-state index in [9.17, 15) is 10.2 Å². The molecule has 0 aliphatic heterocycles. The van der Waals surface area contributed by atoms with Gasteiger partial charge in [0.2, 0.25) is 0 Å². The van der Waals surface area contributed by atoms with Crippen molar-refractivity contribution in [2.45, 2.75) is 31.8 Å². The number of hydrogen-bond donors (Lipinski definition) is 3. The van der Waals surface area contributed by atoms with Crippen molar-refractivity contribution in [1.82, 2.24) is 5.32 Å². The summed E-state index contributed by atoms with van der Waals surface area (Å²) in [5.74, 6) is 0.806. The largest absolute Gasteiger partial charge is 0.459 e. The molecule has 0 saturated carbocycles. The molecule has 19 heavy (non-hydrogen) atoms. The zero-order valence-electron chi connectivity index (χ0n) is 11.4. The number of fused-ring (bicyclic) bond motifs is 1. The molecule has 3 N–H and O–H groups in total. The molecule has 1 unspecified atom stereocenters. The van der Waals surface area contributed by atoms with E-state index in [2.05, 4.69) is 5.32 Å². The number of aliphatic hydroxyl groups is 2. The Morgan fingerprint density at radius 1 is 1.26 bits per heavy atom. The Hall–Kier alpha value is -1.36. The maximum absolute atomic E-state index is 9.46. The van der Waals surface area contributed by atoms with Crippen LogP contribution in [0.2, 0.25) is 0 Å². The second-order valence-electron chi connectivity index (χ2n) is 5.00. The molecule has 2 aromatic rings. The van der Waals surface area contributed by atoms with Crippen molar-refractivity contribution < 1.29 is 14.6 Å². The van der Waals surface area contributed by atoms with Crippen LogP contribution in [0.1, 0.15) is 32.1 Å². The minimum absolute atomic E-state index is 0.0772. The number of para-hydroxylation sites is 1. The topological polar surface area (TPSA) is 65.6 Å². The first-order valence-electron chi connectivity index (χ1n) is 6.62. The van der Waals surface area contributed by atoms with Gasteiger partial charge in [0.05, 0.1) is 24.8 Å². The average molecular weight is 263 g/mol. The third-order valence-electron chi connectivity index (χ3n) is 3.68. The number of nitrogens with one attached hydrogen (secondary N) is 1. The summed E-state index contributed by atoms with van der Waals surface area (Å²) >= 11 is 0. The lowest BCUT2D eigenvalue weighted by molar-refractivity contribution is 0.0771. The van der Waals surface area contributed by atoms with Gasteiger partial charge in [0.25, 0.3) is 0 Å². The number of furan rings is 1. The average Bonchev–Trinajstić information content (AvgIpc) is 2.89. The Morgan fingerprint density at radius 3 is 2.53 bits per heavy atom. The number of benzene rings is 1. The fourth-order valence-electron chi connectivity index (χ4n) is 2.21. The van der Waals surface area contributed by atoms with E-state index >= 15 is 0 Å². The minimum Gasteiger partial charge on any atom is -0.459 e. The van der Waals surface area contributed by atoms with Gasteiger partial charge in [-0.05, 0) is 25.5 Å². The van der Waals surface area contributed by atoms with E-state index in [1.54, 1.807) is 0 Å². The van der Waals surface area contributed by atoms with Crippen LogP contribution in [-0.4, -0.2) is 29.0 Å². The van der Waals surface area contributed by atoms with E-state index in [-0.39, 0.29) is 19.3 Å². The first kappa shape index (κ1) is 14.1. The maximum atomic E-state index is 9.46. The summed E-state index contributed by atoms with van der Waals surface area (Å²) in [6, 6.07) is 9.74. The van der Waals surface area contributed by atoms with Gasteiger partial charge in [-0.1, -0.05) is 25.1 Å². The Bertz CT molecular complexity index is 490. The third-order valence-corrected chi connectivity index (χ3v) is 3.68. The van der Waals surface area contributed by atoms with Gasteiger partial charge < -0.3 is 14.6 Å². The van der Waals surface area contributed by atoms with Crippen LogP contribution >= 0.6 is 0 Å². The highest BCUT2D eigenvalue weighted by atomic mass is 16.3. The van der Waals surface area contributed by atoms with Gasteiger partial charge >= 0.3 is 0 Å². The molecule has 0 saturated heterocycles. The van der Waals surface area contributed by atoms with E-state index in [4.69, 9.17) is 4.42 Å². The van der Waals surface area contributed by atoms with Crippen LogP contribution in [0.4, 0.5) is 0 Å². The molecular formula is C15H21NO3. The molecule has 4 heteroatoms. The molecule has 1 aromatic carbocycles. The zero-order valence-corrected chi connectivity index (χ0v) is 11.4. The first-order chi connectivity index (χ1) is 9.14. The van der Waals surface area contributed by atoms with E-state index in [1.165, 1.54) is 0 Å². The van der Waals surface area contributed by atoms with E-state index in [1.807, 2.05) is 44.2 Å². The van der Waals surface area contributed by atoms with Crippen LogP contribution in [0.25, 0.3) is 11.0 Å². The van der Waals surface area contributed by atoms with Gasteiger partial charge in [0, 0.05) is 5.39 Å². The highest BCUT2D eigenvalue weighted by molar-refractivity contribution is 5.77. The van der Waals surface area contributed by atoms with Gasteiger partial charge in [-0.15, -0.1) is 0 Å². The molecule has 0 spiro atoms. The molecule has 1 heterocycles. The molecule has 0 fully saturated rings. The van der Waals surface area contributed by atoms with Gasteiger partial charge in [0.1, 0.15) is 11.3 Å². The zero-order chi connectivity index (χ0) is 13.9. The second-order valence-corrected chi connectivity index (χ2v) is 5.00. The fraction of sp³-hybridized carbons (Fsp3) is 0.467. The molecule has 1 atom stereocenters. The Morgan fingerprint density at radius 2 is 1.95 bits per heavy atom. The Kier molecular flexibility index (Phi) is 4.24. The molecular weight excluding hydrogens is 242 g/mol. The molecule has 0 radical (unpaired) electrons. The van der Waals surface area contributed by atoms with Crippen LogP contribution in [0.5, 0.6) is 0 Å². The SMILES string of the molecule is CCC(CO)(CO)NC(C)c1cc2ccccc2o1. The van der Waals surface area contributed by atoms with E-state index in [0.717, 1.165) is 16.7 Å². The molecule has 0 aliphatic rings. The summed E-state index contributed by atoms with van der Waals surface area (Å²) in [6.45, 7) is 3.69. The van der Waals surface area contributed by atoms with Gasteiger partial charge in [-0.2, -0.15) is 0 Å². The quantitative estimate of drug-likeness (QED) is 0.747. The lowest BCUT2D eigenvalue weighted by atomic mass is 9.97. The van der Waals surface area contributed by atoms with E-state index in [0.29, 0.717) is 6.42 Å². The Balaban J connectivity index is 2.21. The molecule has 1 aromatic heterocycles. The Labute approximate surface area is 113 Å². The minimum atomic E-state index is -0.668. The highest BCUT2D eigenvalue weighted by Crippen LogP contribution is 2.25. The summed E-state index contributed by atoms with van der Waals surface area (Å²) in [5, 5.41) is 23.2. The van der Waals surface area contributed by atoms with E-state index < -0.39 is 5.54 Å². The van der Waals surface area contributed by atoms with Crippen LogP contribution < -0.4 is 5.32 Å². The van der Waals surface area contributed by atoms with Crippen molar-refractivity contribution in [3.8, 4) is 0 Å². The molecule has 0 amide bonds. The fourth-order valence-corrected chi connectivity index (χ4v) is 2.21. The molecule has 2 rings (SSSR count). The van der Waals surface area contributed by atoms with Crippen LogP contribution in [-0.2, 0) is 0 Å². The third kappa shape index (κ3) is 2.81. The number of rotatable bonds is 6.